The molecule has 0 aromatic heterocycles. The number of nitrogens with zero attached hydrogens (tertiary/aromatic N) is 2. The molecule has 6 heteroatoms. The van der Waals surface area contributed by atoms with E-state index in [1.807, 2.05) is 0 Å². The quantitative estimate of drug-likeness (QED) is 0.724. The smallest absolute Gasteiger partial charge is 0.299 e. The van der Waals surface area contributed by atoms with Crippen molar-refractivity contribution < 1.29 is 19.2 Å². The molecule has 0 radical (unpaired) electrons. The fourth-order valence-corrected chi connectivity index (χ4v) is 1.93. The van der Waals surface area contributed by atoms with Crippen molar-refractivity contribution in [2.45, 2.75) is 6.92 Å². The molecule has 0 unspecified atom stereocenters. The summed E-state index contributed by atoms with van der Waals surface area (Å²) in [5, 5.41) is 0. The summed E-state index contributed by atoms with van der Waals surface area (Å²) in [5.74, 6) is -3.43. The first-order valence-corrected chi connectivity index (χ1v) is 6.04. The van der Waals surface area contributed by atoms with Crippen LogP contribution in [-0.4, -0.2) is 47.5 Å². The Morgan fingerprint density at radius 1 is 1.00 bits per heavy atom. The van der Waals surface area contributed by atoms with E-state index in [2.05, 4.69) is 24.3 Å². The number of urea groups is 1. The predicted octanol–water partition coefficient (Wildman–Crippen LogP) is 0.909. The van der Waals surface area contributed by atoms with Crippen LogP contribution in [0, 0.1) is 5.92 Å². The van der Waals surface area contributed by atoms with Crippen molar-refractivity contribution in [3.05, 3.63) is 24.3 Å². The molecule has 2 aliphatic carbocycles. The maximum atomic E-state index is 11.4. The number of Topliss-reactive ketones (excluding diaryl/α,β-unsaturated/α-hetero) is 1. The molecule has 1 fully saturated rings. The number of fused-ring (bicyclic) bond motifs is 1. The molecule has 0 spiro atoms. The fourth-order valence-electron chi connectivity index (χ4n) is 1.93. The van der Waals surface area contributed by atoms with E-state index < -0.39 is 29.5 Å². The van der Waals surface area contributed by atoms with E-state index in [0.29, 0.717) is 0 Å². The molecule has 6 nitrogen and oxygen atoms in total. The topological polar surface area (TPSA) is 74.8 Å². The molecule has 20 heavy (non-hydrogen) atoms. The third-order valence-corrected chi connectivity index (χ3v) is 3.25. The highest BCUT2D eigenvalue weighted by Gasteiger charge is 2.44. The zero-order valence-electron chi connectivity index (χ0n) is 11.4. The van der Waals surface area contributed by atoms with E-state index in [0.717, 1.165) is 16.7 Å². The molecule has 104 valence electrons. The average molecular weight is 274 g/mol. The molecule has 3 aliphatic rings. The summed E-state index contributed by atoms with van der Waals surface area (Å²) in [6.45, 7) is 1.15. The number of benzene rings is 1. The third kappa shape index (κ3) is 2.32. The van der Waals surface area contributed by atoms with Crippen LogP contribution in [0.15, 0.2) is 24.3 Å². The number of hydrogen-bond acceptors (Lipinski definition) is 4. The standard InChI is InChI=1S/C8H10N2O4.C6H4/c1-4(11)5-6(12)9(2)8(14)10(3)7(5)13;1-2-5-4-6(5)3-1/h5H,1-3H3;1-4H. The second-order valence-electron chi connectivity index (χ2n) is 4.70. The van der Waals surface area contributed by atoms with Gasteiger partial charge >= 0.3 is 6.03 Å². The van der Waals surface area contributed by atoms with E-state index in [-0.39, 0.29) is 0 Å². The lowest BCUT2D eigenvalue weighted by atomic mass is 10.0. The summed E-state index contributed by atoms with van der Waals surface area (Å²) >= 11 is 0. The van der Waals surface area contributed by atoms with Gasteiger partial charge in [0.05, 0.1) is 0 Å². The van der Waals surface area contributed by atoms with Crippen LogP contribution in [-0.2, 0) is 14.4 Å². The van der Waals surface area contributed by atoms with Gasteiger partial charge in [-0.1, -0.05) is 18.2 Å². The van der Waals surface area contributed by atoms with Gasteiger partial charge in [0.2, 0.25) is 0 Å². The fraction of sp³-hybridized carbons (Fsp3) is 0.286. The van der Waals surface area contributed by atoms with Gasteiger partial charge in [-0.15, -0.1) is 0 Å². The first-order valence-electron chi connectivity index (χ1n) is 6.04. The van der Waals surface area contributed by atoms with Crippen molar-refractivity contribution >= 4 is 23.6 Å². The molecule has 0 aromatic rings. The Morgan fingerprint density at radius 2 is 1.45 bits per heavy atom. The van der Waals surface area contributed by atoms with E-state index in [9.17, 15) is 19.2 Å². The van der Waals surface area contributed by atoms with Gasteiger partial charge in [-0.3, -0.25) is 24.2 Å². The minimum Gasteiger partial charge on any atom is -0.299 e. The van der Waals surface area contributed by atoms with Crippen LogP contribution in [0.2, 0.25) is 0 Å². The van der Waals surface area contributed by atoms with E-state index >= 15 is 0 Å². The molecule has 3 rings (SSSR count). The highest BCUT2D eigenvalue weighted by Crippen LogP contribution is 2.32. The van der Waals surface area contributed by atoms with Crippen molar-refractivity contribution in [1.29, 1.82) is 0 Å². The van der Waals surface area contributed by atoms with E-state index in [4.69, 9.17) is 0 Å². The Balaban J connectivity index is 0.000000198. The van der Waals surface area contributed by atoms with Gasteiger partial charge in [0.15, 0.2) is 11.7 Å². The van der Waals surface area contributed by atoms with Crippen LogP contribution < -0.4 is 0 Å². The number of amides is 4. The number of ketones is 1. The zero-order valence-corrected chi connectivity index (χ0v) is 11.4. The molecule has 1 aliphatic heterocycles. The number of carbonyl (C=O) groups excluding carboxylic acids is 4. The second-order valence-corrected chi connectivity index (χ2v) is 4.70. The van der Waals surface area contributed by atoms with Crippen LogP contribution in [0.25, 0.3) is 11.1 Å². The summed E-state index contributed by atoms with van der Waals surface area (Å²) in [4.78, 5) is 46.5. The van der Waals surface area contributed by atoms with Crippen LogP contribution in [0.4, 0.5) is 4.79 Å². The van der Waals surface area contributed by atoms with Crippen molar-refractivity contribution in [1.82, 2.24) is 9.80 Å². The largest absolute Gasteiger partial charge is 0.332 e. The van der Waals surface area contributed by atoms with Gasteiger partial charge in [0.25, 0.3) is 11.8 Å². The first kappa shape index (κ1) is 13.9. The Bertz CT molecular complexity index is 582. The lowest BCUT2D eigenvalue weighted by Gasteiger charge is -2.31. The predicted molar refractivity (Wildman–Crippen MR) is 70.5 cm³/mol. The van der Waals surface area contributed by atoms with Gasteiger partial charge in [0.1, 0.15) is 0 Å². The zero-order chi connectivity index (χ0) is 15.0. The van der Waals surface area contributed by atoms with Gasteiger partial charge in [-0.25, -0.2) is 4.79 Å². The van der Waals surface area contributed by atoms with Crippen molar-refractivity contribution in [3.63, 3.8) is 0 Å². The number of hydrogen-bond donors (Lipinski definition) is 0. The van der Waals surface area contributed by atoms with Crippen molar-refractivity contribution in [3.8, 4) is 11.1 Å². The molecule has 0 N–H and O–H groups in total. The van der Waals surface area contributed by atoms with Gasteiger partial charge in [0, 0.05) is 14.1 Å². The molecule has 0 bridgehead atoms. The Kier molecular flexibility index (Phi) is 3.40. The normalized spacial score (nSPS) is 16.9. The van der Waals surface area contributed by atoms with Crippen LogP contribution >= 0.6 is 0 Å². The molecular formula is C14H14N2O4. The lowest BCUT2D eigenvalue weighted by Crippen LogP contribution is -2.58. The van der Waals surface area contributed by atoms with Gasteiger partial charge in [-0.2, -0.15) is 0 Å². The van der Waals surface area contributed by atoms with Gasteiger partial charge in [-0.05, 0) is 24.1 Å². The number of rotatable bonds is 1. The second kappa shape index (κ2) is 4.88. The maximum Gasteiger partial charge on any atom is 0.332 e. The Morgan fingerprint density at radius 3 is 1.70 bits per heavy atom. The number of barbiturate groups is 1. The highest BCUT2D eigenvalue weighted by atomic mass is 16.2. The Hall–Kier alpha value is -2.50. The molecule has 1 heterocycles. The molecule has 0 atom stereocenters. The van der Waals surface area contributed by atoms with E-state index in [1.54, 1.807) is 0 Å². The van der Waals surface area contributed by atoms with Crippen LogP contribution in [0.5, 0.6) is 0 Å². The number of carbonyl (C=O) groups is 4. The average Bonchev–Trinajstić information content (AvgIpc) is 3.01. The summed E-state index contributed by atoms with van der Waals surface area (Å²) < 4.78 is 0. The monoisotopic (exact) mass is 274 g/mol. The molecular weight excluding hydrogens is 260 g/mol. The summed E-state index contributed by atoms with van der Waals surface area (Å²) in [6, 6.07) is 7.77. The molecule has 0 aromatic carbocycles. The van der Waals surface area contributed by atoms with Crippen LogP contribution in [0.1, 0.15) is 6.92 Å². The summed E-state index contributed by atoms with van der Waals surface area (Å²) in [6.07, 6.45) is 0. The van der Waals surface area contributed by atoms with Crippen molar-refractivity contribution in [2.75, 3.05) is 14.1 Å². The SMILES string of the molecule is CC(=O)C1C(=O)N(C)C(=O)N(C)C1=O.c1cc2cc-2c1. The third-order valence-electron chi connectivity index (χ3n) is 3.25. The summed E-state index contributed by atoms with van der Waals surface area (Å²) in [7, 11) is 2.48. The van der Waals surface area contributed by atoms with Crippen molar-refractivity contribution in [2.24, 2.45) is 5.92 Å². The first-order chi connectivity index (χ1) is 9.34. The maximum absolute atomic E-state index is 11.4. The van der Waals surface area contributed by atoms with Crippen LogP contribution in [0.3, 0.4) is 0 Å². The molecule has 4 amide bonds. The van der Waals surface area contributed by atoms with E-state index in [1.165, 1.54) is 25.2 Å². The molecule has 1 saturated heterocycles. The highest BCUT2D eigenvalue weighted by molar-refractivity contribution is 6.25. The van der Waals surface area contributed by atoms with Gasteiger partial charge < -0.3 is 0 Å². The minimum atomic E-state index is -1.36. The Labute approximate surface area is 116 Å². The number of imide groups is 2. The minimum absolute atomic E-state index is 0.550. The molecule has 0 saturated carbocycles. The lowest BCUT2D eigenvalue weighted by molar-refractivity contribution is -0.151. The summed E-state index contributed by atoms with van der Waals surface area (Å²) in [5.41, 5.74) is 2.85.